The zero-order valence-electron chi connectivity index (χ0n) is 20.1. The summed E-state index contributed by atoms with van der Waals surface area (Å²) in [7, 11) is -2.73. The fourth-order valence-corrected chi connectivity index (χ4v) is 5.27. The van der Waals surface area contributed by atoms with Gasteiger partial charge in [0.1, 0.15) is 18.4 Å². The fraction of sp³-hybridized carbons (Fsp3) is 0.231. The number of rotatable bonds is 9. The van der Waals surface area contributed by atoms with Gasteiger partial charge < -0.3 is 10.2 Å². The third-order valence-corrected chi connectivity index (χ3v) is 7.77. The van der Waals surface area contributed by atoms with Gasteiger partial charge in [0.2, 0.25) is 11.8 Å². The van der Waals surface area contributed by atoms with Gasteiger partial charge in [-0.2, -0.15) is 0 Å². The van der Waals surface area contributed by atoms with Crippen LogP contribution in [-0.2, 0) is 26.2 Å². The number of carbonyl (C=O) groups excluding carboxylic acids is 2. The predicted molar refractivity (Wildman–Crippen MR) is 138 cm³/mol. The summed E-state index contributed by atoms with van der Waals surface area (Å²) in [5.41, 5.74) is 1.56. The van der Waals surface area contributed by atoms with Crippen LogP contribution in [0.4, 0.5) is 10.1 Å². The van der Waals surface area contributed by atoms with Crippen molar-refractivity contribution in [1.29, 1.82) is 0 Å². The molecule has 190 valence electrons. The van der Waals surface area contributed by atoms with Crippen LogP contribution in [0.1, 0.15) is 18.1 Å². The van der Waals surface area contributed by atoms with Crippen LogP contribution in [0, 0.1) is 12.7 Å². The largest absolute Gasteiger partial charge is 0.357 e. The monoisotopic (exact) mass is 531 g/mol. The first-order valence-electron chi connectivity index (χ1n) is 11.1. The summed E-state index contributed by atoms with van der Waals surface area (Å²) in [6, 6.07) is 17.1. The highest BCUT2D eigenvalue weighted by Gasteiger charge is 2.32. The Morgan fingerprint density at radius 3 is 2.19 bits per heavy atom. The molecule has 0 radical (unpaired) electrons. The van der Waals surface area contributed by atoms with Crippen molar-refractivity contribution in [1.82, 2.24) is 10.2 Å². The molecule has 0 aliphatic heterocycles. The van der Waals surface area contributed by atoms with E-state index in [1.165, 1.54) is 60.5 Å². The second-order valence-corrected chi connectivity index (χ2v) is 10.5. The number of benzene rings is 3. The lowest BCUT2D eigenvalue weighted by Gasteiger charge is -2.32. The number of halogens is 2. The quantitative estimate of drug-likeness (QED) is 0.449. The number of nitrogens with zero attached hydrogens (tertiary/aromatic N) is 2. The minimum absolute atomic E-state index is 0.0176. The van der Waals surface area contributed by atoms with Gasteiger partial charge in [-0.25, -0.2) is 12.8 Å². The molecule has 36 heavy (non-hydrogen) atoms. The fourth-order valence-electron chi connectivity index (χ4n) is 3.67. The van der Waals surface area contributed by atoms with Crippen LogP contribution < -0.4 is 9.62 Å². The molecule has 0 heterocycles. The van der Waals surface area contributed by atoms with Crippen molar-refractivity contribution in [2.24, 2.45) is 0 Å². The summed E-state index contributed by atoms with van der Waals surface area (Å²) in [6.07, 6.45) is 0. The Morgan fingerprint density at radius 1 is 1.00 bits per heavy atom. The third-order valence-electron chi connectivity index (χ3n) is 5.74. The van der Waals surface area contributed by atoms with E-state index >= 15 is 0 Å². The van der Waals surface area contributed by atoms with Gasteiger partial charge in [0.25, 0.3) is 10.0 Å². The van der Waals surface area contributed by atoms with E-state index in [0.717, 1.165) is 4.31 Å². The molecule has 0 spiro atoms. The standard InChI is InChI=1S/C26H27ClFN3O4S/c1-18-6-4-5-7-24(18)31(36(34,35)23-14-10-21(27)11-15-23)17-25(32)30(19(2)26(33)29-3)16-20-8-12-22(28)13-9-20/h4-15,19H,16-17H2,1-3H3,(H,29,33)/t19-/m0/s1. The lowest BCUT2D eigenvalue weighted by molar-refractivity contribution is -0.139. The average molecular weight is 532 g/mol. The molecule has 1 N–H and O–H groups in total. The van der Waals surface area contributed by atoms with E-state index in [0.29, 0.717) is 21.8 Å². The molecule has 1 atom stereocenters. The number of hydrogen-bond acceptors (Lipinski definition) is 4. The van der Waals surface area contributed by atoms with Crippen LogP contribution in [0.2, 0.25) is 5.02 Å². The number of para-hydroxylation sites is 1. The molecule has 3 aromatic carbocycles. The Labute approximate surface area is 215 Å². The van der Waals surface area contributed by atoms with E-state index in [9.17, 15) is 22.4 Å². The summed E-state index contributed by atoms with van der Waals surface area (Å²) in [5.74, 6) is -1.46. The minimum Gasteiger partial charge on any atom is -0.357 e. The summed E-state index contributed by atoms with van der Waals surface area (Å²) >= 11 is 5.94. The highest BCUT2D eigenvalue weighted by Crippen LogP contribution is 2.28. The zero-order chi connectivity index (χ0) is 26.5. The third kappa shape index (κ3) is 6.22. The summed E-state index contributed by atoms with van der Waals surface area (Å²) in [4.78, 5) is 27.3. The molecule has 0 saturated heterocycles. The Hall–Kier alpha value is -3.43. The topological polar surface area (TPSA) is 86.8 Å². The molecule has 7 nitrogen and oxygen atoms in total. The Bertz CT molecular complexity index is 1330. The maximum absolute atomic E-state index is 13.7. The number of sulfonamides is 1. The number of likely N-dealkylation sites (N-methyl/N-ethyl adjacent to an activating group) is 1. The molecule has 0 unspecified atom stereocenters. The minimum atomic E-state index is -4.17. The molecule has 0 aliphatic rings. The number of nitrogens with one attached hydrogen (secondary N) is 1. The molecule has 2 amide bonds. The first-order valence-corrected chi connectivity index (χ1v) is 13.0. The number of hydrogen-bond donors (Lipinski definition) is 1. The van der Waals surface area contributed by atoms with Crippen LogP contribution >= 0.6 is 11.6 Å². The number of aryl methyl sites for hydroxylation is 1. The molecule has 0 bridgehead atoms. The second-order valence-electron chi connectivity index (χ2n) is 8.19. The zero-order valence-corrected chi connectivity index (χ0v) is 21.7. The van der Waals surface area contributed by atoms with Gasteiger partial charge in [-0.15, -0.1) is 0 Å². The smallest absolute Gasteiger partial charge is 0.264 e. The van der Waals surface area contributed by atoms with Crippen molar-refractivity contribution in [3.63, 3.8) is 0 Å². The van der Waals surface area contributed by atoms with E-state index in [1.807, 2.05) is 0 Å². The predicted octanol–water partition coefficient (Wildman–Crippen LogP) is 4.15. The van der Waals surface area contributed by atoms with Gasteiger partial charge in [-0.3, -0.25) is 13.9 Å². The Balaban J connectivity index is 2.04. The van der Waals surface area contributed by atoms with E-state index in [1.54, 1.807) is 38.1 Å². The van der Waals surface area contributed by atoms with Crippen molar-refractivity contribution in [2.45, 2.75) is 31.3 Å². The van der Waals surface area contributed by atoms with Crippen LogP contribution in [0.5, 0.6) is 0 Å². The first kappa shape index (κ1) is 27.2. The molecule has 0 aromatic heterocycles. The summed E-state index contributed by atoms with van der Waals surface area (Å²) < 4.78 is 41.8. The van der Waals surface area contributed by atoms with Gasteiger partial charge in [0, 0.05) is 18.6 Å². The highest BCUT2D eigenvalue weighted by atomic mass is 35.5. The number of carbonyl (C=O) groups is 2. The maximum atomic E-state index is 13.7. The normalized spacial score (nSPS) is 12.0. The highest BCUT2D eigenvalue weighted by molar-refractivity contribution is 7.92. The molecule has 10 heteroatoms. The lowest BCUT2D eigenvalue weighted by atomic mass is 10.1. The molecule has 0 saturated carbocycles. The van der Waals surface area contributed by atoms with Crippen molar-refractivity contribution < 1.29 is 22.4 Å². The number of amides is 2. The SMILES string of the molecule is CNC(=O)[C@H](C)N(Cc1ccc(F)cc1)C(=O)CN(c1ccccc1C)S(=O)(=O)c1ccc(Cl)cc1. The molecule has 3 rings (SSSR count). The van der Waals surface area contributed by atoms with Crippen molar-refractivity contribution >= 4 is 39.1 Å². The average Bonchev–Trinajstić information content (AvgIpc) is 2.86. The van der Waals surface area contributed by atoms with E-state index < -0.39 is 40.2 Å². The second kappa shape index (κ2) is 11.5. The van der Waals surface area contributed by atoms with Crippen LogP contribution in [0.15, 0.2) is 77.7 Å². The van der Waals surface area contributed by atoms with E-state index in [4.69, 9.17) is 11.6 Å². The van der Waals surface area contributed by atoms with Gasteiger partial charge in [-0.05, 0) is 67.4 Å². The molecule has 3 aromatic rings. The van der Waals surface area contributed by atoms with Gasteiger partial charge in [0.05, 0.1) is 10.6 Å². The lowest BCUT2D eigenvalue weighted by Crippen LogP contribution is -2.50. The molecule has 0 fully saturated rings. The van der Waals surface area contributed by atoms with Crippen LogP contribution in [0.25, 0.3) is 0 Å². The van der Waals surface area contributed by atoms with Crippen molar-refractivity contribution in [3.05, 3.63) is 94.8 Å². The Kier molecular flexibility index (Phi) is 8.70. The number of anilines is 1. The Morgan fingerprint density at radius 2 is 1.61 bits per heavy atom. The van der Waals surface area contributed by atoms with Gasteiger partial charge >= 0.3 is 0 Å². The van der Waals surface area contributed by atoms with E-state index in [-0.39, 0.29) is 11.4 Å². The van der Waals surface area contributed by atoms with Gasteiger partial charge in [-0.1, -0.05) is 41.9 Å². The molecular formula is C26H27ClFN3O4S. The first-order chi connectivity index (χ1) is 17.0. The van der Waals surface area contributed by atoms with Gasteiger partial charge in [0.15, 0.2) is 0 Å². The molecular weight excluding hydrogens is 505 g/mol. The molecule has 0 aliphatic carbocycles. The summed E-state index contributed by atoms with van der Waals surface area (Å²) in [6.45, 7) is 2.72. The van der Waals surface area contributed by atoms with Crippen molar-refractivity contribution in [3.8, 4) is 0 Å². The van der Waals surface area contributed by atoms with Crippen LogP contribution in [-0.4, -0.2) is 44.8 Å². The van der Waals surface area contributed by atoms with Crippen molar-refractivity contribution in [2.75, 3.05) is 17.9 Å². The van der Waals surface area contributed by atoms with Crippen LogP contribution in [0.3, 0.4) is 0 Å². The maximum Gasteiger partial charge on any atom is 0.264 e. The summed E-state index contributed by atoms with van der Waals surface area (Å²) in [5, 5.41) is 2.89. The van der Waals surface area contributed by atoms with E-state index in [2.05, 4.69) is 5.32 Å².